The topological polar surface area (TPSA) is 30.7 Å². The predicted molar refractivity (Wildman–Crippen MR) is 33.0 cm³/mol. The van der Waals surface area contributed by atoms with Crippen LogP contribution in [0.15, 0.2) is 5.16 Å². The van der Waals surface area contributed by atoms with Gasteiger partial charge in [0.2, 0.25) is 0 Å². The molecule has 0 bridgehead atoms. The molecule has 0 N–H and O–H groups in total. The molecule has 1 aromatic rings. The van der Waals surface area contributed by atoms with Crippen molar-refractivity contribution < 1.29 is 0 Å². The highest BCUT2D eigenvalue weighted by Gasteiger charge is 1.95. The molecule has 0 amide bonds. The maximum Gasteiger partial charge on any atom is 0.187 e. The van der Waals surface area contributed by atoms with Crippen LogP contribution in [0.2, 0.25) is 0 Å². The molecule has 0 aliphatic rings. The van der Waals surface area contributed by atoms with Crippen LogP contribution in [0.5, 0.6) is 0 Å². The Balaban J connectivity index is 3.19. The summed E-state index contributed by atoms with van der Waals surface area (Å²) in [6.07, 6.45) is 0. The van der Waals surface area contributed by atoms with E-state index in [1.165, 1.54) is 0 Å². The SMILES string of the molecule is Cc1nnc(S)n1C. The van der Waals surface area contributed by atoms with Crippen LogP contribution in [-0.4, -0.2) is 14.8 Å². The Morgan fingerprint density at radius 3 is 2.25 bits per heavy atom. The fourth-order valence-electron chi connectivity index (χ4n) is 0.396. The second-order valence-corrected chi connectivity index (χ2v) is 2.01. The quantitative estimate of drug-likeness (QED) is 0.514. The van der Waals surface area contributed by atoms with Gasteiger partial charge in [0, 0.05) is 7.05 Å². The van der Waals surface area contributed by atoms with Gasteiger partial charge in [-0.25, -0.2) is 0 Å². The smallest absolute Gasteiger partial charge is 0.187 e. The van der Waals surface area contributed by atoms with Gasteiger partial charge in [0.1, 0.15) is 5.82 Å². The average Bonchev–Trinajstić information content (AvgIpc) is 1.98. The molecule has 1 rings (SSSR count). The Hall–Kier alpha value is -0.510. The highest BCUT2D eigenvalue weighted by atomic mass is 32.1. The lowest BCUT2D eigenvalue weighted by molar-refractivity contribution is 0.769. The van der Waals surface area contributed by atoms with Gasteiger partial charge in [-0.1, -0.05) is 0 Å². The minimum absolute atomic E-state index is 0.655. The van der Waals surface area contributed by atoms with Gasteiger partial charge in [0.25, 0.3) is 0 Å². The van der Waals surface area contributed by atoms with Crippen LogP contribution in [0.3, 0.4) is 0 Å². The molecule has 0 saturated heterocycles. The van der Waals surface area contributed by atoms with Gasteiger partial charge in [0.05, 0.1) is 0 Å². The molecule has 1 heterocycles. The molecule has 0 aliphatic heterocycles. The average molecular weight is 129 g/mol. The van der Waals surface area contributed by atoms with Crippen LogP contribution in [0, 0.1) is 6.92 Å². The van der Waals surface area contributed by atoms with Crippen molar-refractivity contribution >= 4 is 12.6 Å². The van der Waals surface area contributed by atoms with Crippen molar-refractivity contribution in [3.63, 3.8) is 0 Å². The molecule has 0 radical (unpaired) electrons. The van der Waals surface area contributed by atoms with Gasteiger partial charge in [-0.3, -0.25) is 0 Å². The molecule has 3 nitrogen and oxygen atoms in total. The number of hydrogen-bond acceptors (Lipinski definition) is 3. The van der Waals surface area contributed by atoms with Gasteiger partial charge in [-0.15, -0.1) is 22.8 Å². The van der Waals surface area contributed by atoms with Gasteiger partial charge < -0.3 is 4.57 Å². The molecule has 0 aromatic carbocycles. The molecule has 4 heteroatoms. The lowest BCUT2D eigenvalue weighted by Gasteiger charge is -1.90. The predicted octanol–water partition coefficient (Wildman–Crippen LogP) is 0.412. The summed E-state index contributed by atoms with van der Waals surface area (Å²) in [4.78, 5) is 0. The first-order chi connectivity index (χ1) is 3.72. The molecule has 0 unspecified atom stereocenters. The molecule has 0 atom stereocenters. The van der Waals surface area contributed by atoms with E-state index in [-0.39, 0.29) is 0 Å². The summed E-state index contributed by atoms with van der Waals surface area (Å²) in [5.74, 6) is 0.884. The van der Waals surface area contributed by atoms with Crippen molar-refractivity contribution in [2.24, 2.45) is 7.05 Å². The summed E-state index contributed by atoms with van der Waals surface area (Å²) in [7, 11) is 1.87. The monoisotopic (exact) mass is 129 g/mol. The van der Waals surface area contributed by atoms with Gasteiger partial charge in [-0.05, 0) is 6.92 Å². The van der Waals surface area contributed by atoms with E-state index in [1.807, 2.05) is 18.5 Å². The fraction of sp³-hybridized carbons (Fsp3) is 0.500. The zero-order valence-electron chi connectivity index (χ0n) is 4.79. The van der Waals surface area contributed by atoms with E-state index in [4.69, 9.17) is 0 Å². The standard InChI is InChI=1S/C4H7N3S/c1-3-5-6-4(8)7(3)2/h1-2H3,(H,6,8). The number of rotatable bonds is 0. The van der Waals surface area contributed by atoms with Crippen LogP contribution in [-0.2, 0) is 7.05 Å². The van der Waals surface area contributed by atoms with Crippen LogP contribution in [0.4, 0.5) is 0 Å². The largest absolute Gasteiger partial charge is 0.310 e. The third-order valence-electron chi connectivity index (χ3n) is 1.07. The van der Waals surface area contributed by atoms with Crippen molar-refractivity contribution in [2.45, 2.75) is 12.1 Å². The lowest BCUT2D eigenvalue weighted by atomic mass is 10.7. The van der Waals surface area contributed by atoms with Crippen LogP contribution in [0.1, 0.15) is 5.82 Å². The Kier molecular flexibility index (Phi) is 1.25. The van der Waals surface area contributed by atoms with E-state index in [0.29, 0.717) is 5.16 Å². The third-order valence-corrected chi connectivity index (χ3v) is 1.46. The summed E-state index contributed by atoms with van der Waals surface area (Å²) in [5, 5.41) is 8.10. The maximum absolute atomic E-state index is 4.01. The summed E-state index contributed by atoms with van der Waals surface area (Å²) >= 11 is 4.01. The first-order valence-corrected chi connectivity index (χ1v) is 2.71. The van der Waals surface area contributed by atoms with Crippen molar-refractivity contribution in [2.75, 3.05) is 0 Å². The second-order valence-electron chi connectivity index (χ2n) is 1.61. The van der Waals surface area contributed by atoms with E-state index in [1.54, 1.807) is 0 Å². The number of aryl methyl sites for hydroxylation is 1. The molecule has 0 spiro atoms. The van der Waals surface area contributed by atoms with Crippen molar-refractivity contribution in [1.29, 1.82) is 0 Å². The normalized spacial score (nSPS) is 9.88. The second kappa shape index (κ2) is 1.78. The molecule has 44 valence electrons. The minimum atomic E-state index is 0.655. The van der Waals surface area contributed by atoms with Crippen molar-refractivity contribution in [3.8, 4) is 0 Å². The molecule has 1 aromatic heterocycles. The summed E-state index contributed by atoms with van der Waals surface area (Å²) in [6, 6.07) is 0. The Labute approximate surface area is 53.1 Å². The third kappa shape index (κ3) is 0.709. The highest BCUT2D eigenvalue weighted by molar-refractivity contribution is 7.80. The zero-order chi connectivity index (χ0) is 6.15. The van der Waals surface area contributed by atoms with Crippen molar-refractivity contribution in [1.82, 2.24) is 14.8 Å². The van der Waals surface area contributed by atoms with Gasteiger partial charge in [-0.2, -0.15) is 0 Å². The minimum Gasteiger partial charge on any atom is -0.310 e. The highest BCUT2D eigenvalue weighted by Crippen LogP contribution is 1.99. The fourth-order valence-corrected chi connectivity index (χ4v) is 0.585. The summed E-state index contributed by atoms with van der Waals surface area (Å²) in [6.45, 7) is 1.88. The van der Waals surface area contributed by atoms with Crippen molar-refractivity contribution in [3.05, 3.63) is 5.82 Å². The Bertz CT molecular complexity index is 174. The molecule has 8 heavy (non-hydrogen) atoms. The van der Waals surface area contributed by atoms with E-state index < -0.39 is 0 Å². The zero-order valence-corrected chi connectivity index (χ0v) is 5.68. The molecule has 0 saturated carbocycles. The van der Waals surface area contributed by atoms with Crippen LogP contribution >= 0.6 is 12.6 Å². The van der Waals surface area contributed by atoms with E-state index in [9.17, 15) is 0 Å². The van der Waals surface area contributed by atoms with E-state index in [0.717, 1.165) is 5.82 Å². The summed E-state index contributed by atoms with van der Waals surface area (Å²) < 4.78 is 1.81. The van der Waals surface area contributed by atoms with E-state index >= 15 is 0 Å². The van der Waals surface area contributed by atoms with Gasteiger partial charge >= 0.3 is 0 Å². The number of aromatic nitrogens is 3. The van der Waals surface area contributed by atoms with E-state index in [2.05, 4.69) is 22.8 Å². The molecule has 0 fully saturated rings. The Morgan fingerprint density at radius 1 is 1.50 bits per heavy atom. The maximum atomic E-state index is 4.01. The first kappa shape index (κ1) is 5.62. The number of thiol groups is 1. The van der Waals surface area contributed by atoms with Crippen LogP contribution in [0.25, 0.3) is 0 Å². The first-order valence-electron chi connectivity index (χ1n) is 2.27. The molecule has 0 aliphatic carbocycles. The molecular formula is C4H7N3S. The number of hydrogen-bond donors (Lipinski definition) is 1. The molecular weight excluding hydrogens is 122 g/mol. The van der Waals surface area contributed by atoms with Crippen LogP contribution < -0.4 is 0 Å². The summed E-state index contributed by atoms with van der Waals surface area (Å²) in [5.41, 5.74) is 0. The Morgan fingerprint density at radius 2 is 2.12 bits per heavy atom. The van der Waals surface area contributed by atoms with Gasteiger partial charge in [0.15, 0.2) is 5.16 Å². The number of nitrogens with zero attached hydrogens (tertiary/aromatic N) is 3. The lowest BCUT2D eigenvalue weighted by Crippen LogP contribution is -1.90.